The fourth-order valence-electron chi connectivity index (χ4n) is 1.63. The van der Waals surface area contributed by atoms with Crippen LogP contribution in [0.4, 0.5) is 0 Å². The Morgan fingerprint density at radius 3 is 1.88 bits per heavy atom. The molecule has 3 unspecified atom stereocenters. The average Bonchev–Trinajstić information content (AvgIpc) is 2.51. The summed E-state index contributed by atoms with van der Waals surface area (Å²) >= 11 is 0. The molecule has 0 spiro atoms. The van der Waals surface area contributed by atoms with Crippen LogP contribution in [0.15, 0.2) is 0 Å². The summed E-state index contributed by atoms with van der Waals surface area (Å²) in [6.07, 6.45) is 0.868. The summed E-state index contributed by atoms with van der Waals surface area (Å²) in [6.45, 7) is 15.1. The molecular weight excluding hydrogens is 328 g/mol. The maximum absolute atomic E-state index is 10.5. The number of rotatable bonds is 12. The lowest BCUT2D eigenvalue weighted by Crippen LogP contribution is -2.24. The highest BCUT2D eigenvalue weighted by atomic mass is 16.6. The van der Waals surface area contributed by atoms with Gasteiger partial charge >= 0.3 is 11.9 Å². The lowest BCUT2D eigenvalue weighted by molar-refractivity contribution is -0.148. The van der Waals surface area contributed by atoms with Crippen LogP contribution < -0.4 is 0 Å². The summed E-state index contributed by atoms with van der Waals surface area (Å²) in [5.41, 5.74) is 0. The first kappa shape index (κ1) is 26.1. The molecule has 0 saturated carbocycles. The van der Waals surface area contributed by atoms with E-state index in [0.29, 0.717) is 26.4 Å². The molecule has 25 heavy (non-hydrogen) atoms. The largest absolute Gasteiger partial charge is 0.463 e. The molecule has 0 aromatic carbocycles. The van der Waals surface area contributed by atoms with Crippen LogP contribution in [0.25, 0.3) is 0 Å². The van der Waals surface area contributed by atoms with Gasteiger partial charge in [-0.05, 0) is 34.1 Å². The lowest BCUT2D eigenvalue weighted by atomic mass is 10.4. The Labute approximate surface area is 152 Å². The van der Waals surface area contributed by atoms with Crippen molar-refractivity contribution in [3.05, 3.63) is 0 Å². The van der Waals surface area contributed by atoms with Gasteiger partial charge in [-0.15, -0.1) is 0 Å². The molecule has 7 heteroatoms. The Morgan fingerprint density at radius 2 is 1.40 bits per heavy atom. The summed E-state index contributed by atoms with van der Waals surface area (Å²) < 4.78 is 25.5. The van der Waals surface area contributed by atoms with Gasteiger partial charge in [0.25, 0.3) is 0 Å². The maximum atomic E-state index is 10.5. The zero-order valence-electron chi connectivity index (χ0n) is 16.8. The third-order valence-corrected chi connectivity index (χ3v) is 2.66. The normalized spacial score (nSPS) is 13.9. The predicted molar refractivity (Wildman–Crippen MR) is 95.5 cm³/mol. The Morgan fingerprint density at radius 1 is 0.800 bits per heavy atom. The van der Waals surface area contributed by atoms with Crippen molar-refractivity contribution in [2.75, 3.05) is 33.0 Å². The van der Waals surface area contributed by atoms with Gasteiger partial charge < -0.3 is 23.7 Å². The van der Waals surface area contributed by atoms with E-state index in [0.717, 1.165) is 13.0 Å². The minimum Gasteiger partial charge on any atom is -0.463 e. The summed E-state index contributed by atoms with van der Waals surface area (Å²) in [5, 5.41) is 0. The first-order valence-electron chi connectivity index (χ1n) is 8.84. The molecule has 3 atom stereocenters. The number of hydrogen-bond donors (Lipinski definition) is 0. The molecule has 0 fully saturated rings. The van der Waals surface area contributed by atoms with E-state index in [9.17, 15) is 9.59 Å². The van der Waals surface area contributed by atoms with Gasteiger partial charge in [-0.2, -0.15) is 0 Å². The quantitative estimate of drug-likeness (QED) is 0.389. The van der Waals surface area contributed by atoms with E-state index < -0.39 is 0 Å². The highest BCUT2D eigenvalue weighted by Crippen LogP contribution is 1.97. The summed E-state index contributed by atoms with van der Waals surface area (Å²) in [7, 11) is 0. The smallest absolute Gasteiger partial charge is 0.302 e. The maximum Gasteiger partial charge on any atom is 0.302 e. The number of ether oxygens (including phenoxy) is 5. The van der Waals surface area contributed by atoms with Crippen LogP contribution in [-0.2, 0) is 33.3 Å². The van der Waals surface area contributed by atoms with Crippen LogP contribution in [0.3, 0.4) is 0 Å². The molecule has 0 aliphatic carbocycles. The molecular formula is C18H36O7. The Balaban J connectivity index is 0. The molecule has 0 saturated heterocycles. The van der Waals surface area contributed by atoms with Crippen LogP contribution in [0.2, 0.25) is 0 Å². The number of carbonyl (C=O) groups is 2. The van der Waals surface area contributed by atoms with Gasteiger partial charge in [0.2, 0.25) is 0 Å². The van der Waals surface area contributed by atoms with Gasteiger partial charge in [0.05, 0.1) is 25.4 Å². The predicted octanol–water partition coefficient (Wildman–Crippen LogP) is 2.74. The van der Waals surface area contributed by atoms with E-state index in [1.165, 1.54) is 13.8 Å². The molecule has 0 rings (SSSR count). The van der Waals surface area contributed by atoms with E-state index in [1.807, 2.05) is 34.6 Å². The molecule has 0 radical (unpaired) electrons. The highest BCUT2D eigenvalue weighted by Gasteiger charge is 2.07. The van der Waals surface area contributed by atoms with E-state index in [-0.39, 0.29) is 30.3 Å². The van der Waals surface area contributed by atoms with Crippen molar-refractivity contribution in [1.82, 2.24) is 0 Å². The summed E-state index contributed by atoms with van der Waals surface area (Å²) in [4.78, 5) is 20.9. The van der Waals surface area contributed by atoms with Gasteiger partial charge in [0, 0.05) is 27.1 Å². The first-order valence-corrected chi connectivity index (χ1v) is 8.84. The third-order valence-electron chi connectivity index (χ3n) is 2.66. The Kier molecular flexibility index (Phi) is 18.4. The first-order chi connectivity index (χ1) is 11.7. The molecule has 0 aliphatic rings. The van der Waals surface area contributed by atoms with Crippen molar-refractivity contribution >= 4 is 11.9 Å². The monoisotopic (exact) mass is 364 g/mol. The van der Waals surface area contributed by atoms with Gasteiger partial charge in [-0.25, -0.2) is 0 Å². The van der Waals surface area contributed by atoms with E-state index in [1.54, 1.807) is 0 Å². The molecule has 0 aromatic rings. The second-order valence-corrected chi connectivity index (χ2v) is 5.71. The minimum atomic E-state index is -0.279. The van der Waals surface area contributed by atoms with Gasteiger partial charge in [0.15, 0.2) is 0 Å². The Bertz CT molecular complexity index is 333. The molecule has 0 bridgehead atoms. The third kappa shape index (κ3) is 22.8. The van der Waals surface area contributed by atoms with Gasteiger partial charge in [0.1, 0.15) is 12.7 Å². The molecule has 0 N–H and O–H groups in total. The van der Waals surface area contributed by atoms with Crippen LogP contribution >= 0.6 is 0 Å². The van der Waals surface area contributed by atoms with Crippen molar-refractivity contribution < 1.29 is 33.3 Å². The fraction of sp³-hybridized carbons (Fsp3) is 0.889. The second kappa shape index (κ2) is 17.6. The average molecular weight is 364 g/mol. The van der Waals surface area contributed by atoms with Crippen molar-refractivity contribution in [3.63, 3.8) is 0 Å². The summed E-state index contributed by atoms with van der Waals surface area (Å²) in [6, 6.07) is 0. The van der Waals surface area contributed by atoms with Crippen molar-refractivity contribution in [2.45, 2.75) is 73.2 Å². The van der Waals surface area contributed by atoms with E-state index in [4.69, 9.17) is 23.7 Å². The van der Waals surface area contributed by atoms with Crippen LogP contribution in [-0.4, -0.2) is 63.3 Å². The highest BCUT2D eigenvalue weighted by molar-refractivity contribution is 5.66. The zero-order chi connectivity index (χ0) is 19.7. The fourth-order valence-corrected chi connectivity index (χ4v) is 1.63. The number of carbonyl (C=O) groups excluding carboxylic acids is 2. The number of esters is 2. The molecule has 7 nitrogen and oxygen atoms in total. The van der Waals surface area contributed by atoms with Crippen LogP contribution in [0.1, 0.15) is 54.9 Å². The standard InChI is InChI=1S/C10H20O4.C8H16O3/c1-5-12-8(2)6-13-9(3)7-14-10(4)11;1-4-5-10-6-7(2)11-8(3)9/h8-9H,5-7H2,1-4H3;7H,4-6H2,1-3H3. The lowest BCUT2D eigenvalue weighted by Gasteiger charge is -2.16. The molecule has 0 amide bonds. The van der Waals surface area contributed by atoms with Crippen LogP contribution in [0, 0.1) is 0 Å². The van der Waals surface area contributed by atoms with Crippen molar-refractivity contribution in [3.8, 4) is 0 Å². The van der Waals surface area contributed by atoms with Crippen molar-refractivity contribution in [1.29, 1.82) is 0 Å². The molecule has 0 aromatic heterocycles. The minimum absolute atomic E-state index is 0.0817. The van der Waals surface area contributed by atoms with E-state index in [2.05, 4.69) is 0 Å². The van der Waals surface area contributed by atoms with Gasteiger partial charge in [-0.3, -0.25) is 9.59 Å². The van der Waals surface area contributed by atoms with E-state index >= 15 is 0 Å². The molecule has 150 valence electrons. The van der Waals surface area contributed by atoms with Crippen molar-refractivity contribution in [2.24, 2.45) is 0 Å². The van der Waals surface area contributed by atoms with Gasteiger partial charge in [-0.1, -0.05) is 6.92 Å². The summed E-state index contributed by atoms with van der Waals surface area (Å²) in [5.74, 6) is -0.532. The topological polar surface area (TPSA) is 80.3 Å². The second-order valence-electron chi connectivity index (χ2n) is 5.71. The molecule has 0 heterocycles. The van der Waals surface area contributed by atoms with Crippen LogP contribution in [0.5, 0.6) is 0 Å². The number of hydrogen-bond acceptors (Lipinski definition) is 7. The Hall–Kier alpha value is -1.18. The molecule has 0 aliphatic heterocycles. The SMILES string of the molecule is CCCOCC(C)OC(C)=O.CCOC(C)COC(C)COC(C)=O. The zero-order valence-corrected chi connectivity index (χ0v) is 16.8.